The highest BCUT2D eigenvalue weighted by molar-refractivity contribution is 7.80. The van der Waals surface area contributed by atoms with Gasteiger partial charge in [0.25, 0.3) is 0 Å². The number of halogens is 2. The molecule has 5 rings (SSSR count). The van der Waals surface area contributed by atoms with Gasteiger partial charge in [-0.2, -0.15) is 0 Å². The molecule has 5 nitrogen and oxygen atoms in total. The average Bonchev–Trinajstić information content (AvgIpc) is 3.44. The van der Waals surface area contributed by atoms with Crippen LogP contribution in [0.3, 0.4) is 0 Å². The lowest BCUT2D eigenvalue weighted by Gasteiger charge is -2.26. The molecule has 0 radical (unpaired) electrons. The summed E-state index contributed by atoms with van der Waals surface area (Å²) in [5.74, 6) is 2.08. The fourth-order valence-corrected chi connectivity index (χ4v) is 4.73. The van der Waals surface area contributed by atoms with E-state index in [1.807, 2.05) is 77.7 Å². The van der Waals surface area contributed by atoms with Crippen molar-refractivity contribution in [3.8, 4) is 17.1 Å². The van der Waals surface area contributed by atoms with Crippen molar-refractivity contribution >= 4 is 46.2 Å². The van der Waals surface area contributed by atoms with Gasteiger partial charge in [-0.1, -0.05) is 29.3 Å². The number of hydrogen-bond donors (Lipinski definition) is 1. The highest BCUT2D eigenvalue weighted by Crippen LogP contribution is 2.44. The number of benzene rings is 2. The molecule has 1 fully saturated rings. The number of anilines is 1. The maximum atomic E-state index is 6.44. The first-order valence-corrected chi connectivity index (χ1v) is 11.4. The highest BCUT2D eigenvalue weighted by Gasteiger charge is 2.42. The van der Waals surface area contributed by atoms with Crippen LogP contribution >= 0.6 is 35.4 Å². The van der Waals surface area contributed by atoms with Crippen molar-refractivity contribution in [2.45, 2.75) is 12.1 Å². The van der Waals surface area contributed by atoms with Crippen LogP contribution in [0.25, 0.3) is 11.3 Å². The minimum Gasteiger partial charge on any atom is -0.495 e. The molecule has 2 aromatic carbocycles. The molecule has 166 valence electrons. The molecule has 1 saturated heterocycles. The summed E-state index contributed by atoms with van der Waals surface area (Å²) in [6.07, 6.45) is 1.77. The molecule has 0 bridgehead atoms. The Bertz CT molecular complexity index is 1290. The van der Waals surface area contributed by atoms with Gasteiger partial charge < -0.3 is 19.4 Å². The topological polar surface area (TPSA) is 50.5 Å². The summed E-state index contributed by atoms with van der Waals surface area (Å²) in [6.45, 7) is 0. The van der Waals surface area contributed by atoms with Crippen molar-refractivity contribution in [3.05, 3.63) is 100 Å². The Labute approximate surface area is 206 Å². The second-order valence-corrected chi connectivity index (χ2v) is 8.75. The Morgan fingerprint density at radius 1 is 1.03 bits per heavy atom. The number of rotatable bonds is 5. The third kappa shape index (κ3) is 4.17. The summed E-state index contributed by atoms with van der Waals surface area (Å²) >= 11 is 18.2. The molecule has 8 heteroatoms. The summed E-state index contributed by atoms with van der Waals surface area (Å²) in [4.78, 5) is 6.57. The molecule has 2 atom stereocenters. The second-order valence-electron chi connectivity index (χ2n) is 7.52. The van der Waals surface area contributed by atoms with Gasteiger partial charge in [-0.05, 0) is 78.9 Å². The molecule has 0 amide bonds. The fraction of sp³-hybridized carbons (Fsp3) is 0.120. The standard InChI is InChI=1S/C25H19Cl2N3O2S/c1-31-21-10-9-17(14-18(21)27)30-24(23(29-25(30)33)19-4-2-3-13-28-19)22-12-11-20(32-22)15-5-7-16(26)8-6-15/h2-14,23-24H,1H3,(H,29,33)/t23-,24+/m1/s1. The molecule has 1 N–H and O–H groups in total. The third-order valence-corrected chi connectivity index (χ3v) is 6.42. The Hall–Kier alpha value is -3.06. The highest BCUT2D eigenvalue weighted by atomic mass is 35.5. The second kappa shape index (κ2) is 9.06. The molecule has 4 aromatic rings. The molecule has 33 heavy (non-hydrogen) atoms. The van der Waals surface area contributed by atoms with E-state index in [0.717, 1.165) is 28.5 Å². The molecule has 3 heterocycles. The molecule has 1 aliphatic heterocycles. The van der Waals surface area contributed by atoms with E-state index in [1.165, 1.54) is 0 Å². The van der Waals surface area contributed by atoms with Crippen LogP contribution in [-0.2, 0) is 0 Å². The number of hydrogen-bond acceptors (Lipinski definition) is 4. The van der Waals surface area contributed by atoms with Gasteiger partial charge in [0, 0.05) is 22.5 Å². The summed E-state index contributed by atoms with van der Waals surface area (Å²) < 4.78 is 11.7. The van der Waals surface area contributed by atoms with Crippen LogP contribution in [0.2, 0.25) is 10.0 Å². The molecule has 2 aromatic heterocycles. The average molecular weight is 496 g/mol. The van der Waals surface area contributed by atoms with E-state index in [2.05, 4.69) is 10.3 Å². The van der Waals surface area contributed by atoms with Crippen molar-refractivity contribution < 1.29 is 9.15 Å². The number of nitrogens with zero attached hydrogens (tertiary/aromatic N) is 2. The van der Waals surface area contributed by atoms with Gasteiger partial charge in [0.15, 0.2) is 5.11 Å². The van der Waals surface area contributed by atoms with Gasteiger partial charge in [-0.3, -0.25) is 4.98 Å². The van der Waals surface area contributed by atoms with E-state index < -0.39 is 0 Å². The zero-order chi connectivity index (χ0) is 22.9. The lowest BCUT2D eigenvalue weighted by atomic mass is 10.0. The Morgan fingerprint density at radius 2 is 1.85 bits per heavy atom. The Morgan fingerprint density at radius 3 is 2.55 bits per heavy atom. The summed E-state index contributed by atoms with van der Waals surface area (Å²) in [7, 11) is 1.59. The van der Waals surface area contributed by atoms with E-state index in [9.17, 15) is 0 Å². The summed E-state index contributed by atoms with van der Waals surface area (Å²) in [6, 6.07) is 22.4. The number of thiocarbonyl (C=S) groups is 1. The SMILES string of the molecule is COc1ccc(N2C(=S)N[C@H](c3ccccn3)[C@@H]2c2ccc(-c3ccc(Cl)cc3)o2)cc1Cl. The third-order valence-electron chi connectivity index (χ3n) is 5.56. The van der Waals surface area contributed by atoms with Gasteiger partial charge in [-0.25, -0.2) is 0 Å². The van der Waals surface area contributed by atoms with E-state index in [4.69, 9.17) is 44.6 Å². The lowest BCUT2D eigenvalue weighted by Crippen LogP contribution is -2.29. The van der Waals surface area contributed by atoms with Crippen LogP contribution in [-0.4, -0.2) is 17.2 Å². The van der Waals surface area contributed by atoms with Gasteiger partial charge in [-0.15, -0.1) is 0 Å². The van der Waals surface area contributed by atoms with E-state index in [0.29, 0.717) is 20.9 Å². The van der Waals surface area contributed by atoms with Crippen LogP contribution in [0.15, 0.2) is 83.4 Å². The first-order valence-electron chi connectivity index (χ1n) is 10.2. The Balaban J connectivity index is 1.59. The van der Waals surface area contributed by atoms with Gasteiger partial charge >= 0.3 is 0 Å². The lowest BCUT2D eigenvalue weighted by molar-refractivity contribution is 0.415. The summed E-state index contributed by atoms with van der Waals surface area (Å²) in [5.41, 5.74) is 2.62. The zero-order valence-corrected chi connectivity index (χ0v) is 19.9. The number of ether oxygens (including phenoxy) is 1. The van der Waals surface area contributed by atoms with Gasteiger partial charge in [0.2, 0.25) is 0 Å². The first kappa shape index (κ1) is 21.8. The molecule has 1 aliphatic rings. The van der Waals surface area contributed by atoms with Crippen LogP contribution in [0, 0.1) is 0 Å². The molecular weight excluding hydrogens is 477 g/mol. The van der Waals surface area contributed by atoms with Crippen LogP contribution in [0.4, 0.5) is 5.69 Å². The zero-order valence-electron chi connectivity index (χ0n) is 17.5. The van der Waals surface area contributed by atoms with E-state index >= 15 is 0 Å². The first-order chi connectivity index (χ1) is 16.0. The van der Waals surface area contributed by atoms with Crippen molar-refractivity contribution in [2.75, 3.05) is 12.0 Å². The molecule has 0 saturated carbocycles. The maximum absolute atomic E-state index is 6.44. The maximum Gasteiger partial charge on any atom is 0.174 e. The number of nitrogens with one attached hydrogen (secondary N) is 1. The number of furan rings is 1. The number of aromatic nitrogens is 1. The monoisotopic (exact) mass is 495 g/mol. The van der Waals surface area contributed by atoms with E-state index in [-0.39, 0.29) is 12.1 Å². The normalized spacial score (nSPS) is 17.8. The van der Waals surface area contributed by atoms with Crippen molar-refractivity contribution in [1.82, 2.24) is 10.3 Å². The van der Waals surface area contributed by atoms with Crippen LogP contribution in [0.5, 0.6) is 5.75 Å². The quantitative estimate of drug-likeness (QED) is 0.306. The van der Waals surface area contributed by atoms with Gasteiger partial charge in [0.1, 0.15) is 23.3 Å². The van der Waals surface area contributed by atoms with Crippen LogP contribution < -0.4 is 15.0 Å². The minimum absolute atomic E-state index is 0.219. The van der Waals surface area contributed by atoms with E-state index in [1.54, 1.807) is 13.3 Å². The molecular formula is C25H19Cl2N3O2S. The molecule has 0 unspecified atom stereocenters. The Kier molecular flexibility index (Phi) is 5.98. The van der Waals surface area contributed by atoms with Gasteiger partial charge in [0.05, 0.1) is 23.9 Å². The summed E-state index contributed by atoms with van der Waals surface area (Å²) in [5, 5.41) is 5.15. The number of methoxy groups -OCH3 is 1. The minimum atomic E-state index is -0.280. The van der Waals surface area contributed by atoms with Crippen molar-refractivity contribution in [3.63, 3.8) is 0 Å². The van der Waals surface area contributed by atoms with Crippen LogP contribution in [0.1, 0.15) is 23.5 Å². The smallest absolute Gasteiger partial charge is 0.174 e. The fourth-order valence-electron chi connectivity index (χ4n) is 4.01. The predicted octanol–water partition coefficient (Wildman–Crippen LogP) is 6.83. The van der Waals surface area contributed by atoms with Crippen molar-refractivity contribution in [1.29, 1.82) is 0 Å². The predicted molar refractivity (Wildman–Crippen MR) is 135 cm³/mol. The largest absolute Gasteiger partial charge is 0.495 e. The molecule has 0 aliphatic carbocycles. The molecule has 0 spiro atoms. The van der Waals surface area contributed by atoms with Crippen molar-refractivity contribution in [2.24, 2.45) is 0 Å². The number of pyridine rings is 1.